The van der Waals surface area contributed by atoms with Crippen LogP contribution in [0.15, 0.2) is 0 Å². The van der Waals surface area contributed by atoms with E-state index in [4.69, 9.17) is 0 Å². The minimum Gasteiger partial charge on any atom is -0.357 e. The lowest BCUT2D eigenvalue weighted by Gasteiger charge is -2.09. The highest BCUT2D eigenvalue weighted by atomic mass is 32.2. The number of carbonyl (C=O) groups is 1. The lowest BCUT2D eigenvalue weighted by atomic mass is 10.3. The molecule has 0 radical (unpaired) electrons. The quantitative estimate of drug-likeness (QED) is 0.424. The molecule has 0 saturated carbocycles. The fourth-order valence-corrected chi connectivity index (χ4v) is 3.07. The van der Waals surface area contributed by atoms with Crippen LogP contribution in [0.4, 0.5) is 0 Å². The van der Waals surface area contributed by atoms with Gasteiger partial charge in [-0.15, -0.1) is 0 Å². The van der Waals surface area contributed by atoms with Gasteiger partial charge in [0.2, 0.25) is 6.41 Å². The van der Waals surface area contributed by atoms with Crippen LogP contribution in [0.1, 0.15) is 6.42 Å². The summed E-state index contributed by atoms with van der Waals surface area (Å²) >= 11 is 0. The second-order valence-corrected chi connectivity index (χ2v) is 5.35. The average Bonchev–Trinajstić information content (AvgIpc) is 2.40. The molecule has 0 aromatic rings. The van der Waals surface area contributed by atoms with Gasteiger partial charge in [-0.05, 0) is 6.42 Å². The number of rotatable bonds is 5. The zero-order valence-electron chi connectivity index (χ0n) is 7.32. The molecule has 1 aliphatic heterocycles. The summed E-state index contributed by atoms with van der Waals surface area (Å²) in [6, 6.07) is 0.0680. The van der Waals surface area contributed by atoms with Crippen molar-refractivity contribution in [3.63, 3.8) is 0 Å². The molecule has 0 bridgehead atoms. The highest BCUT2D eigenvalue weighted by Crippen LogP contribution is 2.10. The summed E-state index contributed by atoms with van der Waals surface area (Å²) in [4.78, 5) is 9.87. The minimum atomic E-state index is -2.79. The van der Waals surface area contributed by atoms with E-state index < -0.39 is 9.84 Å². The molecule has 1 fully saturated rings. The van der Waals surface area contributed by atoms with Crippen LogP contribution in [0.5, 0.6) is 0 Å². The van der Waals surface area contributed by atoms with Gasteiger partial charge in [-0.1, -0.05) is 0 Å². The van der Waals surface area contributed by atoms with Gasteiger partial charge in [0.25, 0.3) is 0 Å². The third-order valence-electron chi connectivity index (χ3n) is 2.02. The Morgan fingerprint density at radius 2 is 2.15 bits per heavy atom. The molecule has 1 rings (SSSR count). The van der Waals surface area contributed by atoms with Crippen LogP contribution in [0.2, 0.25) is 0 Å². The molecule has 1 atom stereocenters. The summed E-state index contributed by atoms with van der Waals surface area (Å²) in [6.07, 6.45) is 1.32. The van der Waals surface area contributed by atoms with E-state index in [0.29, 0.717) is 25.9 Å². The normalized spacial score (nSPS) is 25.7. The molecule has 0 aromatic heterocycles. The van der Waals surface area contributed by atoms with E-state index in [9.17, 15) is 13.2 Å². The van der Waals surface area contributed by atoms with Gasteiger partial charge in [-0.2, -0.15) is 0 Å². The van der Waals surface area contributed by atoms with Crippen molar-refractivity contribution in [2.45, 2.75) is 12.5 Å². The second-order valence-electron chi connectivity index (χ2n) is 3.13. The number of hydrogen-bond donors (Lipinski definition) is 2. The van der Waals surface area contributed by atoms with Crippen molar-refractivity contribution in [1.82, 2.24) is 10.6 Å². The molecule has 1 saturated heterocycles. The van der Waals surface area contributed by atoms with Gasteiger partial charge < -0.3 is 10.6 Å². The van der Waals surface area contributed by atoms with Gasteiger partial charge in [-0.25, -0.2) is 8.42 Å². The van der Waals surface area contributed by atoms with Crippen LogP contribution in [0, 0.1) is 0 Å². The Morgan fingerprint density at radius 3 is 2.69 bits per heavy atom. The molecule has 0 spiro atoms. The summed E-state index contributed by atoms with van der Waals surface area (Å²) in [5, 5.41) is 5.57. The van der Waals surface area contributed by atoms with Gasteiger partial charge >= 0.3 is 0 Å². The highest BCUT2D eigenvalue weighted by molar-refractivity contribution is 7.91. The molecular weight excluding hydrogens is 192 g/mol. The molecule has 1 amide bonds. The lowest BCUT2D eigenvalue weighted by Crippen LogP contribution is -2.35. The molecule has 13 heavy (non-hydrogen) atoms. The Morgan fingerprint density at radius 1 is 1.38 bits per heavy atom. The Kier molecular flexibility index (Phi) is 3.68. The third-order valence-corrected chi connectivity index (χ3v) is 3.79. The van der Waals surface area contributed by atoms with Crippen molar-refractivity contribution in [3.05, 3.63) is 0 Å². The van der Waals surface area contributed by atoms with Gasteiger partial charge in [0.05, 0.1) is 11.5 Å². The van der Waals surface area contributed by atoms with Crippen LogP contribution in [0.25, 0.3) is 0 Å². The Balaban J connectivity index is 2.14. The maximum absolute atomic E-state index is 11.0. The van der Waals surface area contributed by atoms with Crippen molar-refractivity contribution in [3.8, 4) is 0 Å². The predicted octanol–water partition coefficient (Wildman–Crippen LogP) is -1.49. The summed E-state index contributed by atoms with van der Waals surface area (Å²) in [6.45, 7) is 1.17. The number of nitrogens with one attached hydrogen (secondary N) is 2. The van der Waals surface area contributed by atoms with Crippen molar-refractivity contribution in [2.75, 3.05) is 24.6 Å². The first-order valence-electron chi connectivity index (χ1n) is 4.25. The monoisotopic (exact) mass is 206 g/mol. The second kappa shape index (κ2) is 4.57. The summed E-state index contributed by atoms with van der Waals surface area (Å²) < 4.78 is 22.0. The molecule has 0 unspecified atom stereocenters. The van der Waals surface area contributed by atoms with E-state index in [2.05, 4.69) is 10.6 Å². The molecule has 5 nitrogen and oxygen atoms in total. The van der Waals surface area contributed by atoms with E-state index in [0.717, 1.165) is 0 Å². The lowest BCUT2D eigenvalue weighted by molar-refractivity contribution is -0.109. The zero-order valence-corrected chi connectivity index (χ0v) is 8.14. The van der Waals surface area contributed by atoms with Crippen LogP contribution < -0.4 is 10.6 Å². The summed E-state index contributed by atoms with van der Waals surface area (Å²) in [5.41, 5.74) is 0. The van der Waals surface area contributed by atoms with Crippen LogP contribution in [-0.2, 0) is 14.6 Å². The largest absolute Gasteiger partial charge is 0.357 e. The maximum Gasteiger partial charge on any atom is 0.207 e. The fraction of sp³-hybridized carbons (Fsp3) is 0.857. The number of amides is 1. The molecule has 2 N–H and O–H groups in total. The Bertz CT molecular complexity index is 263. The molecule has 6 heteroatoms. The topological polar surface area (TPSA) is 75.3 Å². The van der Waals surface area contributed by atoms with Gasteiger partial charge in [0.1, 0.15) is 0 Å². The average molecular weight is 206 g/mol. The fourth-order valence-electron chi connectivity index (χ4n) is 1.36. The van der Waals surface area contributed by atoms with Crippen molar-refractivity contribution in [1.29, 1.82) is 0 Å². The first-order valence-corrected chi connectivity index (χ1v) is 6.07. The SMILES string of the molecule is O=CNCCN[C@H]1CCS(=O)(=O)C1. The van der Waals surface area contributed by atoms with E-state index in [1.54, 1.807) is 0 Å². The van der Waals surface area contributed by atoms with Gasteiger partial charge in [0, 0.05) is 19.1 Å². The summed E-state index contributed by atoms with van der Waals surface area (Å²) in [5.74, 6) is 0.514. The molecule has 1 heterocycles. The van der Waals surface area contributed by atoms with Crippen molar-refractivity contribution >= 4 is 16.2 Å². The standard InChI is InChI=1S/C7H14N2O3S/c10-6-8-2-3-9-7-1-4-13(11,12)5-7/h6-7,9H,1-5H2,(H,8,10)/t7-/m0/s1. The van der Waals surface area contributed by atoms with Gasteiger partial charge in [0.15, 0.2) is 9.84 Å². The van der Waals surface area contributed by atoms with Crippen LogP contribution >= 0.6 is 0 Å². The minimum absolute atomic E-state index is 0.0680. The van der Waals surface area contributed by atoms with Crippen LogP contribution in [-0.4, -0.2) is 45.5 Å². The predicted molar refractivity (Wildman–Crippen MR) is 49.1 cm³/mol. The summed E-state index contributed by atoms with van der Waals surface area (Å²) in [7, 11) is -2.79. The van der Waals surface area contributed by atoms with E-state index >= 15 is 0 Å². The molecular formula is C7H14N2O3S. The van der Waals surface area contributed by atoms with Crippen LogP contribution in [0.3, 0.4) is 0 Å². The van der Waals surface area contributed by atoms with Crippen molar-refractivity contribution < 1.29 is 13.2 Å². The van der Waals surface area contributed by atoms with Gasteiger partial charge in [-0.3, -0.25) is 4.79 Å². The maximum atomic E-state index is 11.0. The third kappa shape index (κ3) is 3.73. The number of carbonyl (C=O) groups excluding carboxylic acids is 1. The highest BCUT2D eigenvalue weighted by Gasteiger charge is 2.26. The first-order chi connectivity index (χ1) is 6.14. The Hall–Kier alpha value is -0.620. The number of hydrogen-bond acceptors (Lipinski definition) is 4. The zero-order chi connectivity index (χ0) is 9.73. The molecule has 0 aromatic carbocycles. The van der Waals surface area contributed by atoms with E-state index in [1.807, 2.05) is 0 Å². The smallest absolute Gasteiger partial charge is 0.207 e. The van der Waals surface area contributed by atoms with E-state index in [-0.39, 0.29) is 17.5 Å². The molecule has 1 aliphatic rings. The molecule has 76 valence electrons. The first kappa shape index (κ1) is 10.5. The van der Waals surface area contributed by atoms with Crippen molar-refractivity contribution in [2.24, 2.45) is 0 Å². The molecule has 0 aliphatic carbocycles. The van der Waals surface area contributed by atoms with E-state index in [1.165, 1.54) is 0 Å². The number of sulfone groups is 1. The Labute approximate surface area is 77.8 Å².